The largest absolute Gasteiger partial charge is 0.497 e. The van der Waals surface area contributed by atoms with Gasteiger partial charge in [-0.25, -0.2) is 0 Å². The Morgan fingerprint density at radius 3 is 2.50 bits per heavy atom. The molecule has 16 heavy (non-hydrogen) atoms. The molecular weight excluding hydrogens is 200 g/mol. The zero-order valence-corrected chi connectivity index (χ0v) is 9.91. The standard InChI is InChI=1S/C14H16O2/c1-12(2)11-16-10-4-5-13-6-8-14(15-3)9-7-13/h6-9,11H,10H2,1-3H3. The van der Waals surface area contributed by atoms with Crippen LogP contribution in [0.5, 0.6) is 5.75 Å². The summed E-state index contributed by atoms with van der Waals surface area (Å²) in [5, 5.41) is 0. The number of hydrogen-bond donors (Lipinski definition) is 0. The van der Waals surface area contributed by atoms with Crippen molar-refractivity contribution >= 4 is 0 Å². The molecule has 0 amide bonds. The summed E-state index contributed by atoms with van der Waals surface area (Å²) in [4.78, 5) is 0. The molecule has 0 aliphatic heterocycles. The topological polar surface area (TPSA) is 18.5 Å². The Labute approximate surface area is 96.9 Å². The second kappa shape index (κ2) is 6.58. The summed E-state index contributed by atoms with van der Waals surface area (Å²) in [6.45, 7) is 4.38. The molecule has 0 saturated carbocycles. The first-order chi connectivity index (χ1) is 7.72. The van der Waals surface area contributed by atoms with Crippen molar-refractivity contribution in [2.45, 2.75) is 13.8 Å². The van der Waals surface area contributed by atoms with Crippen molar-refractivity contribution in [1.82, 2.24) is 0 Å². The molecule has 0 aliphatic rings. The van der Waals surface area contributed by atoms with Crippen molar-refractivity contribution in [1.29, 1.82) is 0 Å². The van der Waals surface area contributed by atoms with E-state index < -0.39 is 0 Å². The second-order valence-electron chi connectivity index (χ2n) is 3.54. The van der Waals surface area contributed by atoms with Crippen LogP contribution in [0.1, 0.15) is 19.4 Å². The van der Waals surface area contributed by atoms with Crippen LogP contribution in [0.4, 0.5) is 0 Å². The maximum atomic E-state index is 5.20. The van der Waals surface area contributed by atoms with Crippen LogP contribution in [-0.4, -0.2) is 13.7 Å². The van der Waals surface area contributed by atoms with Crippen LogP contribution in [0.2, 0.25) is 0 Å². The third-order valence-electron chi connectivity index (χ3n) is 1.80. The molecule has 0 fully saturated rings. The van der Waals surface area contributed by atoms with Crippen LogP contribution in [-0.2, 0) is 4.74 Å². The van der Waals surface area contributed by atoms with Gasteiger partial charge in [0.05, 0.1) is 13.4 Å². The minimum Gasteiger partial charge on any atom is -0.497 e. The summed E-state index contributed by atoms with van der Waals surface area (Å²) in [5.74, 6) is 6.79. The van der Waals surface area contributed by atoms with Crippen LogP contribution in [0.15, 0.2) is 36.1 Å². The van der Waals surface area contributed by atoms with E-state index in [1.54, 1.807) is 13.4 Å². The molecular formula is C14H16O2. The van der Waals surface area contributed by atoms with E-state index in [1.165, 1.54) is 0 Å². The van der Waals surface area contributed by atoms with Crippen LogP contribution >= 0.6 is 0 Å². The Bertz CT molecular complexity index is 401. The molecule has 0 unspecified atom stereocenters. The van der Waals surface area contributed by atoms with Gasteiger partial charge in [-0.15, -0.1) is 0 Å². The summed E-state index contributed by atoms with van der Waals surface area (Å²) >= 11 is 0. The molecule has 0 bridgehead atoms. The number of allylic oxidation sites excluding steroid dienone is 1. The maximum Gasteiger partial charge on any atom is 0.148 e. The van der Waals surface area contributed by atoms with Gasteiger partial charge in [0.25, 0.3) is 0 Å². The summed E-state index contributed by atoms with van der Waals surface area (Å²) < 4.78 is 10.3. The fraction of sp³-hybridized carbons (Fsp3) is 0.286. The maximum absolute atomic E-state index is 5.20. The van der Waals surface area contributed by atoms with Gasteiger partial charge >= 0.3 is 0 Å². The molecule has 0 radical (unpaired) electrons. The van der Waals surface area contributed by atoms with Crippen molar-refractivity contribution in [3.05, 3.63) is 41.7 Å². The Hall–Kier alpha value is -1.88. The smallest absolute Gasteiger partial charge is 0.148 e. The van der Waals surface area contributed by atoms with Crippen molar-refractivity contribution in [3.8, 4) is 17.6 Å². The van der Waals surface area contributed by atoms with E-state index in [-0.39, 0.29) is 0 Å². The highest BCUT2D eigenvalue weighted by atomic mass is 16.5. The molecule has 0 atom stereocenters. The van der Waals surface area contributed by atoms with Crippen molar-refractivity contribution in [3.63, 3.8) is 0 Å². The molecule has 0 spiro atoms. The number of rotatable bonds is 3. The fourth-order valence-corrected chi connectivity index (χ4v) is 1.06. The lowest BCUT2D eigenvalue weighted by molar-refractivity contribution is 0.293. The van der Waals surface area contributed by atoms with E-state index in [0.717, 1.165) is 16.9 Å². The van der Waals surface area contributed by atoms with Gasteiger partial charge in [0.1, 0.15) is 12.4 Å². The van der Waals surface area contributed by atoms with Crippen LogP contribution in [0.3, 0.4) is 0 Å². The van der Waals surface area contributed by atoms with E-state index in [2.05, 4.69) is 11.8 Å². The predicted molar refractivity (Wildman–Crippen MR) is 65.3 cm³/mol. The lowest BCUT2D eigenvalue weighted by Crippen LogP contribution is -1.84. The lowest BCUT2D eigenvalue weighted by atomic mass is 10.2. The minimum atomic E-state index is 0.414. The fourth-order valence-electron chi connectivity index (χ4n) is 1.06. The minimum absolute atomic E-state index is 0.414. The van der Waals surface area contributed by atoms with E-state index in [1.807, 2.05) is 38.1 Å². The summed E-state index contributed by atoms with van der Waals surface area (Å²) in [7, 11) is 1.65. The van der Waals surface area contributed by atoms with Gasteiger partial charge in [-0.05, 0) is 43.7 Å². The van der Waals surface area contributed by atoms with Gasteiger partial charge in [0.15, 0.2) is 0 Å². The molecule has 2 nitrogen and oxygen atoms in total. The van der Waals surface area contributed by atoms with Gasteiger partial charge in [0.2, 0.25) is 0 Å². The molecule has 0 saturated heterocycles. The van der Waals surface area contributed by atoms with Gasteiger partial charge in [0, 0.05) is 5.56 Å². The van der Waals surface area contributed by atoms with Gasteiger partial charge in [-0.3, -0.25) is 0 Å². The first kappa shape index (κ1) is 12.2. The normalized spacial score (nSPS) is 8.69. The summed E-state index contributed by atoms with van der Waals surface area (Å²) in [6, 6.07) is 7.63. The van der Waals surface area contributed by atoms with Crippen molar-refractivity contribution < 1.29 is 9.47 Å². The monoisotopic (exact) mass is 216 g/mol. The predicted octanol–water partition coefficient (Wildman–Crippen LogP) is 2.99. The zero-order chi connectivity index (χ0) is 11.8. The van der Waals surface area contributed by atoms with E-state index in [0.29, 0.717) is 6.61 Å². The first-order valence-corrected chi connectivity index (χ1v) is 5.10. The quantitative estimate of drug-likeness (QED) is 0.439. The molecule has 1 aromatic carbocycles. The summed E-state index contributed by atoms with van der Waals surface area (Å²) in [6.07, 6.45) is 1.71. The molecule has 0 aromatic heterocycles. The average molecular weight is 216 g/mol. The Morgan fingerprint density at radius 2 is 1.94 bits per heavy atom. The van der Waals surface area contributed by atoms with Crippen LogP contribution in [0.25, 0.3) is 0 Å². The molecule has 2 heteroatoms. The van der Waals surface area contributed by atoms with Gasteiger partial charge in [-0.1, -0.05) is 11.8 Å². The highest BCUT2D eigenvalue weighted by molar-refractivity contribution is 5.38. The molecule has 0 N–H and O–H groups in total. The van der Waals surface area contributed by atoms with Gasteiger partial charge in [-0.2, -0.15) is 0 Å². The van der Waals surface area contributed by atoms with Crippen LogP contribution in [0, 0.1) is 11.8 Å². The number of benzene rings is 1. The second-order valence-corrected chi connectivity index (χ2v) is 3.54. The number of ether oxygens (including phenoxy) is 2. The van der Waals surface area contributed by atoms with E-state index in [9.17, 15) is 0 Å². The van der Waals surface area contributed by atoms with E-state index in [4.69, 9.17) is 9.47 Å². The summed E-state index contributed by atoms with van der Waals surface area (Å²) in [5.41, 5.74) is 2.09. The zero-order valence-electron chi connectivity index (χ0n) is 9.91. The highest BCUT2D eigenvalue weighted by Crippen LogP contribution is 2.09. The highest BCUT2D eigenvalue weighted by Gasteiger charge is 1.89. The third kappa shape index (κ3) is 4.56. The average Bonchev–Trinajstić information content (AvgIpc) is 2.29. The lowest BCUT2D eigenvalue weighted by Gasteiger charge is -1.97. The van der Waals surface area contributed by atoms with Crippen molar-refractivity contribution in [2.24, 2.45) is 0 Å². The van der Waals surface area contributed by atoms with Gasteiger partial charge < -0.3 is 9.47 Å². The Morgan fingerprint density at radius 1 is 1.25 bits per heavy atom. The molecule has 0 heterocycles. The molecule has 1 rings (SSSR count). The number of hydrogen-bond acceptors (Lipinski definition) is 2. The number of methoxy groups -OCH3 is 1. The third-order valence-corrected chi connectivity index (χ3v) is 1.80. The molecule has 84 valence electrons. The molecule has 1 aromatic rings. The van der Waals surface area contributed by atoms with Crippen molar-refractivity contribution in [2.75, 3.05) is 13.7 Å². The molecule has 0 aliphatic carbocycles. The SMILES string of the molecule is COc1ccc(C#CCOC=C(C)C)cc1. The Kier molecular flexibility index (Phi) is 5.01. The first-order valence-electron chi connectivity index (χ1n) is 5.10. The van der Waals surface area contributed by atoms with E-state index >= 15 is 0 Å². The van der Waals surface area contributed by atoms with Crippen LogP contribution < -0.4 is 4.74 Å². The Balaban J connectivity index is 2.47.